The second kappa shape index (κ2) is 8.14. The zero-order valence-electron chi connectivity index (χ0n) is 15.2. The van der Waals surface area contributed by atoms with Crippen LogP contribution in [0.2, 0.25) is 0 Å². The molecule has 2 amide bonds. The summed E-state index contributed by atoms with van der Waals surface area (Å²) < 4.78 is 19.0. The number of ether oxygens (including phenoxy) is 1. The number of halogens is 1. The number of benzene rings is 1. The maximum absolute atomic E-state index is 14.1. The van der Waals surface area contributed by atoms with Crippen molar-refractivity contribution in [3.05, 3.63) is 35.6 Å². The average Bonchev–Trinajstić information content (AvgIpc) is 2.85. The second-order valence-electron chi connectivity index (χ2n) is 7.11. The molecule has 7 heteroatoms. The largest absolute Gasteiger partial charge is 0.375 e. The van der Waals surface area contributed by atoms with Gasteiger partial charge in [-0.1, -0.05) is 18.2 Å². The molecule has 2 heterocycles. The van der Waals surface area contributed by atoms with Crippen LogP contribution in [-0.2, 0) is 20.7 Å². The zero-order valence-corrected chi connectivity index (χ0v) is 15.2. The number of hydrogen-bond acceptors (Lipinski definition) is 4. The number of nitrogens with zero attached hydrogens (tertiary/aromatic N) is 2. The third-order valence-electron chi connectivity index (χ3n) is 5.27. The van der Waals surface area contributed by atoms with Crippen LogP contribution in [0.3, 0.4) is 0 Å². The summed E-state index contributed by atoms with van der Waals surface area (Å²) in [5, 5.41) is 3.17. The molecule has 6 nitrogen and oxygen atoms in total. The predicted molar refractivity (Wildman–Crippen MR) is 95.1 cm³/mol. The molecule has 142 valence electrons. The predicted octanol–water partition coefficient (Wildman–Crippen LogP) is 0.665. The zero-order chi connectivity index (χ0) is 18.6. The highest BCUT2D eigenvalue weighted by Crippen LogP contribution is 2.31. The number of rotatable bonds is 5. The SMILES string of the molecule is COCC(=O)N1CCCN(C(=O)C2(Cc3ccccc3F)CNC2)CC1. The van der Waals surface area contributed by atoms with Crippen molar-refractivity contribution in [3.8, 4) is 0 Å². The molecule has 2 aliphatic rings. The fourth-order valence-electron chi connectivity index (χ4n) is 3.71. The first-order valence-electron chi connectivity index (χ1n) is 9.06. The topological polar surface area (TPSA) is 61.9 Å². The van der Waals surface area contributed by atoms with Gasteiger partial charge in [0.15, 0.2) is 0 Å². The Morgan fingerprint density at radius 1 is 1.15 bits per heavy atom. The summed E-state index contributed by atoms with van der Waals surface area (Å²) in [6.45, 7) is 3.45. The Morgan fingerprint density at radius 2 is 1.85 bits per heavy atom. The summed E-state index contributed by atoms with van der Waals surface area (Å²) in [5.41, 5.74) is -0.0115. The van der Waals surface area contributed by atoms with Crippen LogP contribution in [0.4, 0.5) is 4.39 Å². The first-order chi connectivity index (χ1) is 12.6. The Bertz CT molecular complexity index is 663. The highest BCUT2D eigenvalue weighted by atomic mass is 19.1. The van der Waals surface area contributed by atoms with E-state index in [9.17, 15) is 14.0 Å². The minimum Gasteiger partial charge on any atom is -0.375 e. The fraction of sp³-hybridized carbons (Fsp3) is 0.579. The number of amides is 2. The van der Waals surface area contributed by atoms with Crippen LogP contribution in [0, 0.1) is 11.2 Å². The Balaban J connectivity index is 1.67. The van der Waals surface area contributed by atoms with Crippen LogP contribution in [0.5, 0.6) is 0 Å². The normalized spacial score (nSPS) is 19.6. The molecule has 1 aromatic rings. The molecule has 0 unspecified atom stereocenters. The van der Waals surface area contributed by atoms with Gasteiger partial charge in [0.2, 0.25) is 11.8 Å². The third-order valence-corrected chi connectivity index (χ3v) is 5.27. The minimum absolute atomic E-state index is 0.0480. The van der Waals surface area contributed by atoms with Crippen molar-refractivity contribution in [2.75, 3.05) is 53.0 Å². The van der Waals surface area contributed by atoms with Crippen LogP contribution >= 0.6 is 0 Å². The molecular weight excluding hydrogens is 337 g/mol. The average molecular weight is 363 g/mol. The molecule has 1 aromatic carbocycles. The molecule has 0 bridgehead atoms. The van der Waals surface area contributed by atoms with E-state index in [4.69, 9.17) is 4.74 Å². The van der Waals surface area contributed by atoms with Crippen molar-refractivity contribution in [2.24, 2.45) is 5.41 Å². The van der Waals surface area contributed by atoms with Crippen molar-refractivity contribution in [2.45, 2.75) is 12.8 Å². The Hall–Kier alpha value is -1.99. The van der Waals surface area contributed by atoms with Gasteiger partial charge in [-0.2, -0.15) is 0 Å². The van der Waals surface area contributed by atoms with E-state index in [1.807, 2.05) is 4.90 Å². The van der Waals surface area contributed by atoms with E-state index in [1.54, 1.807) is 23.1 Å². The minimum atomic E-state index is -0.589. The summed E-state index contributed by atoms with van der Waals surface area (Å²) in [5.74, 6) is -0.257. The van der Waals surface area contributed by atoms with Crippen LogP contribution in [-0.4, -0.2) is 74.6 Å². The maximum atomic E-state index is 14.1. The van der Waals surface area contributed by atoms with Crippen molar-refractivity contribution in [1.82, 2.24) is 15.1 Å². The van der Waals surface area contributed by atoms with Crippen molar-refractivity contribution in [3.63, 3.8) is 0 Å². The van der Waals surface area contributed by atoms with Crippen LogP contribution in [0.15, 0.2) is 24.3 Å². The fourth-order valence-corrected chi connectivity index (χ4v) is 3.71. The Kier molecular flexibility index (Phi) is 5.88. The van der Waals surface area contributed by atoms with E-state index in [-0.39, 0.29) is 24.2 Å². The highest BCUT2D eigenvalue weighted by molar-refractivity contribution is 5.85. The second-order valence-corrected chi connectivity index (χ2v) is 7.11. The quantitative estimate of drug-likeness (QED) is 0.835. The van der Waals surface area contributed by atoms with Gasteiger partial charge in [0.25, 0.3) is 0 Å². The van der Waals surface area contributed by atoms with E-state index in [0.717, 1.165) is 6.42 Å². The molecule has 1 N–H and O–H groups in total. The number of carbonyl (C=O) groups is 2. The smallest absolute Gasteiger partial charge is 0.248 e. The number of carbonyl (C=O) groups excluding carboxylic acids is 2. The molecule has 0 saturated carbocycles. The summed E-state index contributed by atoms with van der Waals surface area (Å²) in [4.78, 5) is 28.8. The van der Waals surface area contributed by atoms with Gasteiger partial charge in [-0.15, -0.1) is 0 Å². The first kappa shape index (κ1) is 18.8. The Morgan fingerprint density at radius 3 is 2.50 bits per heavy atom. The lowest BCUT2D eigenvalue weighted by Gasteiger charge is -2.44. The van der Waals surface area contributed by atoms with E-state index in [2.05, 4.69) is 5.32 Å². The molecule has 2 fully saturated rings. The van der Waals surface area contributed by atoms with Gasteiger partial charge in [0.05, 0.1) is 5.41 Å². The van der Waals surface area contributed by atoms with Gasteiger partial charge in [-0.05, 0) is 24.5 Å². The van der Waals surface area contributed by atoms with Crippen molar-refractivity contribution < 1.29 is 18.7 Å². The van der Waals surface area contributed by atoms with Gasteiger partial charge >= 0.3 is 0 Å². The Labute approximate surface area is 153 Å². The summed E-state index contributed by atoms with van der Waals surface area (Å²) in [6, 6.07) is 6.64. The summed E-state index contributed by atoms with van der Waals surface area (Å²) >= 11 is 0. The highest BCUT2D eigenvalue weighted by Gasteiger charge is 2.47. The van der Waals surface area contributed by atoms with Crippen molar-refractivity contribution >= 4 is 11.8 Å². The molecule has 2 saturated heterocycles. The number of hydrogen-bond donors (Lipinski definition) is 1. The lowest BCUT2D eigenvalue weighted by molar-refractivity contribution is -0.145. The molecule has 0 radical (unpaired) electrons. The summed E-state index contributed by atoms with van der Waals surface area (Å²) in [7, 11) is 1.50. The third kappa shape index (κ3) is 3.88. The molecule has 0 aliphatic carbocycles. The van der Waals surface area contributed by atoms with Gasteiger partial charge in [0.1, 0.15) is 12.4 Å². The lowest BCUT2D eigenvalue weighted by atomic mass is 9.75. The van der Waals surface area contributed by atoms with E-state index >= 15 is 0 Å². The van der Waals surface area contributed by atoms with E-state index in [1.165, 1.54) is 13.2 Å². The number of methoxy groups -OCH3 is 1. The van der Waals surface area contributed by atoms with Gasteiger partial charge in [-0.25, -0.2) is 4.39 Å². The molecule has 3 rings (SSSR count). The van der Waals surface area contributed by atoms with Gasteiger partial charge in [-0.3, -0.25) is 9.59 Å². The maximum Gasteiger partial charge on any atom is 0.248 e. The van der Waals surface area contributed by atoms with E-state index < -0.39 is 5.41 Å². The monoisotopic (exact) mass is 363 g/mol. The van der Waals surface area contributed by atoms with Crippen LogP contribution in [0.1, 0.15) is 12.0 Å². The molecule has 26 heavy (non-hydrogen) atoms. The molecule has 0 aromatic heterocycles. The molecule has 2 aliphatic heterocycles. The lowest BCUT2D eigenvalue weighted by Crippen LogP contribution is -2.63. The standard InChI is InChI=1S/C19H26FN3O3/c1-26-12-17(24)22-7-4-8-23(10-9-22)18(25)19(13-21-14-19)11-15-5-2-3-6-16(15)20/h2-3,5-6,21H,4,7-14H2,1H3. The van der Waals surface area contributed by atoms with Crippen LogP contribution < -0.4 is 5.32 Å². The van der Waals surface area contributed by atoms with Crippen molar-refractivity contribution in [1.29, 1.82) is 0 Å². The van der Waals surface area contributed by atoms with Gasteiger partial charge < -0.3 is 19.9 Å². The molecule has 0 spiro atoms. The summed E-state index contributed by atoms with van der Waals surface area (Å²) in [6.07, 6.45) is 1.14. The molecule has 0 atom stereocenters. The van der Waals surface area contributed by atoms with E-state index in [0.29, 0.717) is 51.3 Å². The first-order valence-corrected chi connectivity index (χ1v) is 9.06. The van der Waals surface area contributed by atoms with Gasteiger partial charge in [0, 0.05) is 46.4 Å². The number of nitrogens with one attached hydrogen (secondary N) is 1. The van der Waals surface area contributed by atoms with Crippen LogP contribution in [0.25, 0.3) is 0 Å². The molecular formula is C19H26FN3O3.